The molecule has 4 N–H and O–H groups in total. The molecular weight excluding hydrogens is 752 g/mol. The molecule has 0 aromatic heterocycles. The van der Waals surface area contributed by atoms with Gasteiger partial charge >= 0.3 is 69.5 Å². The normalized spacial score (nSPS) is 9.13. The van der Waals surface area contributed by atoms with Crippen LogP contribution >= 0.6 is 0 Å². The van der Waals surface area contributed by atoms with E-state index in [1.165, 1.54) is 72.8 Å². The molecule has 0 unspecified atom stereocenters. The smallest absolute Gasteiger partial charge is 0.661 e. The van der Waals surface area contributed by atoms with E-state index in [4.69, 9.17) is 20.4 Å². The third kappa shape index (κ3) is 15.7. The first kappa shape index (κ1) is 46.2. The largest absolute Gasteiger partial charge is 4.00 e. The van der Waals surface area contributed by atoms with E-state index in [0.717, 1.165) is 24.3 Å². The molecular formula is C32H20O20Ti. The van der Waals surface area contributed by atoms with Crippen molar-refractivity contribution < 1.29 is 121 Å². The Morgan fingerprint density at radius 1 is 0.340 bits per heavy atom. The SMILES string of the molecule is O=C(O)c1cccc(C(=O)O[O-])c1.O=C(O)c1cccc(C(=O)O[O-])c1.O=C(O)c1cccc(C(=O)O[O-])c1.O=C(O)c1cccc(C(=O)O[O-])c1.[Ti+4]. The van der Waals surface area contributed by atoms with E-state index in [1.807, 2.05) is 0 Å². The van der Waals surface area contributed by atoms with E-state index >= 15 is 0 Å². The number of carbonyl (C=O) groups excluding carboxylic acids is 4. The molecule has 0 aliphatic rings. The topological polar surface area (TPSA) is 347 Å². The third-order valence-corrected chi connectivity index (χ3v) is 5.68. The summed E-state index contributed by atoms with van der Waals surface area (Å²) in [5, 5.41) is 73.0. The Kier molecular flexibility index (Phi) is 20.5. The molecule has 0 atom stereocenters. The molecule has 4 rings (SSSR count). The Bertz CT molecular complexity index is 1660. The van der Waals surface area contributed by atoms with Gasteiger partial charge in [-0.15, -0.1) is 0 Å². The van der Waals surface area contributed by atoms with Gasteiger partial charge in [-0.05, 0) is 72.8 Å². The zero-order chi connectivity index (χ0) is 39.4. The molecule has 0 spiro atoms. The van der Waals surface area contributed by atoms with Crippen LogP contribution in [-0.4, -0.2) is 68.2 Å². The summed E-state index contributed by atoms with van der Waals surface area (Å²) < 4.78 is 0. The van der Waals surface area contributed by atoms with Gasteiger partial charge in [-0.25, -0.2) is 38.4 Å². The maximum Gasteiger partial charge on any atom is 4.00 e. The van der Waals surface area contributed by atoms with Crippen LogP contribution in [0.5, 0.6) is 0 Å². The average Bonchev–Trinajstić information content (AvgIpc) is 3.17. The van der Waals surface area contributed by atoms with Crippen molar-refractivity contribution in [2.45, 2.75) is 0 Å². The molecule has 20 nitrogen and oxygen atoms in total. The van der Waals surface area contributed by atoms with Crippen LogP contribution < -0.4 is 21.0 Å². The third-order valence-electron chi connectivity index (χ3n) is 5.68. The number of hydrogen-bond acceptors (Lipinski definition) is 16. The average molecular weight is 772 g/mol. The van der Waals surface area contributed by atoms with Crippen LogP contribution in [0.3, 0.4) is 0 Å². The summed E-state index contributed by atoms with van der Waals surface area (Å²) in [7, 11) is 0. The molecule has 0 radical (unpaired) electrons. The number of rotatable bonds is 8. The maximum atomic E-state index is 10.7. The Labute approximate surface area is 309 Å². The first-order valence-corrected chi connectivity index (χ1v) is 13.3. The van der Waals surface area contributed by atoms with Crippen LogP contribution in [0.4, 0.5) is 0 Å². The van der Waals surface area contributed by atoms with Gasteiger partial charge in [0.1, 0.15) is 0 Å². The minimum Gasteiger partial charge on any atom is -0.661 e. The van der Waals surface area contributed by atoms with Gasteiger partial charge in [-0.3, -0.25) is 0 Å². The molecule has 0 bridgehead atoms. The van der Waals surface area contributed by atoms with Crippen LogP contribution in [0.2, 0.25) is 0 Å². The minimum atomic E-state index is -1.17. The summed E-state index contributed by atoms with van der Waals surface area (Å²) in [6.45, 7) is 0. The zero-order valence-electron chi connectivity index (χ0n) is 26.1. The molecule has 0 amide bonds. The first-order valence-electron chi connectivity index (χ1n) is 13.3. The van der Waals surface area contributed by atoms with Gasteiger partial charge in [0, 0.05) is 0 Å². The molecule has 0 heterocycles. The van der Waals surface area contributed by atoms with E-state index in [0.29, 0.717) is 0 Å². The second-order valence-electron chi connectivity index (χ2n) is 9.03. The summed E-state index contributed by atoms with van der Waals surface area (Å²) in [5.41, 5.74) is -0.564. The molecule has 53 heavy (non-hydrogen) atoms. The monoisotopic (exact) mass is 772 g/mol. The number of hydrogen-bond donors (Lipinski definition) is 4. The van der Waals surface area contributed by atoms with Gasteiger partial charge in [-0.2, -0.15) is 0 Å². The molecule has 0 aliphatic heterocycles. The van der Waals surface area contributed by atoms with Gasteiger partial charge in [-0.1, -0.05) is 24.3 Å². The van der Waals surface area contributed by atoms with E-state index in [9.17, 15) is 59.4 Å². The van der Waals surface area contributed by atoms with Gasteiger partial charge < -0.3 is 61.0 Å². The van der Waals surface area contributed by atoms with Crippen molar-refractivity contribution in [1.29, 1.82) is 0 Å². The summed E-state index contributed by atoms with van der Waals surface area (Å²) >= 11 is 0. The summed E-state index contributed by atoms with van der Waals surface area (Å²) in [5.74, 6) is -9.04. The summed E-state index contributed by atoms with van der Waals surface area (Å²) in [6, 6.07) is 20.1. The van der Waals surface area contributed by atoms with Crippen molar-refractivity contribution in [3.63, 3.8) is 0 Å². The van der Waals surface area contributed by atoms with Crippen LogP contribution in [-0.2, 0) is 41.3 Å². The van der Waals surface area contributed by atoms with E-state index in [2.05, 4.69) is 19.6 Å². The van der Waals surface area contributed by atoms with Crippen molar-refractivity contribution in [2.24, 2.45) is 0 Å². The number of carbonyl (C=O) groups is 8. The van der Waals surface area contributed by atoms with Crippen LogP contribution in [0, 0.1) is 0 Å². The molecule has 4 aromatic carbocycles. The molecule has 4 aromatic rings. The zero-order valence-corrected chi connectivity index (χ0v) is 27.6. The molecule has 272 valence electrons. The molecule has 0 aliphatic carbocycles. The van der Waals surface area contributed by atoms with E-state index in [1.54, 1.807) is 0 Å². The molecule has 0 fully saturated rings. The van der Waals surface area contributed by atoms with Crippen molar-refractivity contribution in [3.8, 4) is 0 Å². The molecule has 0 saturated carbocycles. The molecule has 21 heteroatoms. The van der Waals surface area contributed by atoms with Gasteiger partial charge in [0.25, 0.3) is 0 Å². The number of carboxylic acid groups (broad SMARTS) is 4. The van der Waals surface area contributed by atoms with Crippen LogP contribution in [0.1, 0.15) is 82.9 Å². The van der Waals surface area contributed by atoms with E-state index < -0.39 is 47.8 Å². The predicted molar refractivity (Wildman–Crippen MR) is 155 cm³/mol. The Morgan fingerprint density at radius 2 is 0.491 bits per heavy atom. The summed E-state index contributed by atoms with van der Waals surface area (Å²) in [4.78, 5) is 97.1. The number of aromatic carboxylic acids is 4. The van der Waals surface area contributed by atoms with Crippen molar-refractivity contribution in [2.75, 3.05) is 0 Å². The second-order valence-corrected chi connectivity index (χ2v) is 9.03. The van der Waals surface area contributed by atoms with Crippen LogP contribution in [0.25, 0.3) is 0 Å². The van der Waals surface area contributed by atoms with Crippen molar-refractivity contribution in [3.05, 3.63) is 142 Å². The maximum absolute atomic E-state index is 10.7. The summed E-state index contributed by atoms with van der Waals surface area (Å²) in [6.07, 6.45) is 0. The fourth-order valence-corrected chi connectivity index (χ4v) is 3.31. The number of benzene rings is 4. The standard InChI is InChI=1S/4C8H6O5.Ti/c4*9-7(10)5-2-1-3-6(4-5)8(11)13-12;/h4*1-4,12H,(H,9,10);/q;;;;+4/p-4. The van der Waals surface area contributed by atoms with Crippen molar-refractivity contribution in [1.82, 2.24) is 0 Å². The quantitative estimate of drug-likeness (QED) is 0.0973. The van der Waals surface area contributed by atoms with Gasteiger partial charge in [0.2, 0.25) is 0 Å². The second kappa shape index (κ2) is 23.6. The fourth-order valence-electron chi connectivity index (χ4n) is 3.31. The van der Waals surface area contributed by atoms with Crippen molar-refractivity contribution >= 4 is 47.8 Å². The minimum absolute atomic E-state index is 0. The fraction of sp³-hybridized carbons (Fsp3) is 0. The Balaban J connectivity index is 0.000000676. The van der Waals surface area contributed by atoms with E-state index in [-0.39, 0.29) is 66.2 Å². The Hall–Kier alpha value is -6.81. The first-order chi connectivity index (χ1) is 24.6. The number of carboxylic acids is 4. The molecule has 0 saturated heterocycles. The Morgan fingerprint density at radius 3 is 0.623 bits per heavy atom. The van der Waals surface area contributed by atoms with Gasteiger partial charge in [0.15, 0.2) is 0 Å². The van der Waals surface area contributed by atoms with Gasteiger partial charge in [0.05, 0.1) is 44.5 Å². The predicted octanol–water partition coefficient (Wildman–Crippen LogP) is -0.735. The van der Waals surface area contributed by atoms with Crippen LogP contribution in [0.15, 0.2) is 97.1 Å².